The lowest BCUT2D eigenvalue weighted by atomic mass is 10.2. The summed E-state index contributed by atoms with van der Waals surface area (Å²) in [6, 6.07) is 15.0. The molecule has 3 aromatic rings. The van der Waals surface area contributed by atoms with Crippen molar-refractivity contribution < 1.29 is 4.74 Å². The normalized spacial score (nSPS) is 10.3. The maximum atomic E-state index is 8.95. The highest BCUT2D eigenvalue weighted by molar-refractivity contribution is 14.1. The Labute approximate surface area is 135 Å². The average Bonchev–Trinajstić information content (AvgIpc) is 2.50. The maximum Gasteiger partial charge on any atom is 0.163 e. The van der Waals surface area contributed by atoms with Crippen LogP contribution in [0.5, 0.6) is 11.5 Å². The van der Waals surface area contributed by atoms with Gasteiger partial charge in [-0.2, -0.15) is 5.26 Å². The number of rotatable bonds is 2. The minimum Gasteiger partial charge on any atom is -0.453 e. The predicted octanol–water partition coefficient (Wildman–Crippen LogP) is 4.09. The number of para-hydroxylation sites is 1. The molecule has 4 nitrogen and oxygen atoms in total. The molecular formula is C16H10IN3O. The standard InChI is InChI=1S/C16H10IN3O/c17-12-7-10(9-18)8-13(19)16(12)21-15-5-6-20-14-4-2-1-3-11(14)15/h1-8H,19H2. The summed E-state index contributed by atoms with van der Waals surface area (Å²) >= 11 is 2.11. The van der Waals surface area contributed by atoms with Gasteiger partial charge in [0, 0.05) is 11.6 Å². The van der Waals surface area contributed by atoms with Gasteiger partial charge in [-0.1, -0.05) is 12.1 Å². The van der Waals surface area contributed by atoms with E-state index in [1.807, 2.05) is 24.3 Å². The first-order chi connectivity index (χ1) is 10.2. The van der Waals surface area contributed by atoms with Crippen molar-refractivity contribution >= 4 is 39.2 Å². The van der Waals surface area contributed by atoms with E-state index in [-0.39, 0.29) is 0 Å². The minimum absolute atomic E-state index is 0.444. The average molecular weight is 387 g/mol. The van der Waals surface area contributed by atoms with E-state index in [1.54, 1.807) is 24.4 Å². The van der Waals surface area contributed by atoms with Gasteiger partial charge in [0.15, 0.2) is 5.75 Å². The fourth-order valence-corrected chi connectivity index (χ4v) is 2.81. The smallest absolute Gasteiger partial charge is 0.163 e. The van der Waals surface area contributed by atoms with Crippen molar-refractivity contribution in [3.8, 4) is 17.6 Å². The highest BCUT2D eigenvalue weighted by Crippen LogP contribution is 2.36. The number of pyridine rings is 1. The molecule has 0 atom stereocenters. The largest absolute Gasteiger partial charge is 0.453 e. The van der Waals surface area contributed by atoms with Crippen LogP contribution in [0.1, 0.15) is 5.56 Å². The Bertz CT molecular complexity index is 843. The first-order valence-electron chi connectivity index (χ1n) is 6.20. The van der Waals surface area contributed by atoms with Gasteiger partial charge in [0.05, 0.1) is 26.4 Å². The molecule has 2 N–H and O–H groups in total. The van der Waals surface area contributed by atoms with Crippen LogP contribution in [0.2, 0.25) is 0 Å². The second-order valence-electron chi connectivity index (χ2n) is 4.42. The van der Waals surface area contributed by atoms with Crippen molar-refractivity contribution in [2.45, 2.75) is 0 Å². The van der Waals surface area contributed by atoms with Crippen LogP contribution in [0.4, 0.5) is 5.69 Å². The molecule has 2 aromatic carbocycles. The van der Waals surface area contributed by atoms with Crippen LogP contribution in [-0.4, -0.2) is 4.98 Å². The van der Waals surface area contributed by atoms with E-state index >= 15 is 0 Å². The van der Waals surface area contributed by atoms with Gasteiger partial charge in [0.25, 0.3) is 0 Å². The van der Waals surface area contributed by atoms with Crippen LogP contribution in [0.3, 0.4) is 0 Å². The molecule has 0 radical (unpaired) electrons. The van der Waals surface area contributed by atoms with Crippen molar-refractivity contribution in [1.82, 2.24) is 4.98 Å². The highest BCUT2D eigenvalue weighted by Gasteiger charge is 2.11. The van der Waals surface area contributed by atoms with E-state index in [1.165, 1.54) is 0 Å². The Hall–Kier alpha value is -2.33. The van der Waals surface area contributed by atoms with Gasteiger partial charge in [-0.3, -0.25) is 4.98 Å². The molecule has 1 aromatic heterocycles. The summed E-state index contributed by atoms with van der Waals surface area (Å²) in [6.07, 6.45) is 1.70. The molecule has 0 amide bonds. The van der Waals surface area contributed by atoms with Crippen LogP contribution in [0.25, 0.3) is 10.9 Å². The maximum absolute atomic E-state index is 8.95. The third-order valence-corrected chi connectivity index (χ3v) is 3.82. The highest BCUT2D eigenvalue weighted by atomic mass is 127. The van der Waals surface area contributed by atoms with E-state index in [2.05, 4.69) is 33.6 Å². The summed E-state index contributed by atoms with van der Waals surface area (Å²) in [4.78, 5) is 4.30. The zero-order valence-corrected chi connectivity index (χ0v) is 13.0. The lowest BCUT2D eigenvalue weighted by Gasteiger charge is -2.12. The summed E-state index contributed by atoms with van der Waals surface area (Å²) in [5.41, 5.74) is 7.81. The number of nitrogens with zero attached hydrogens (tertiary/aromatic N) is 2. The number of nitrogens with two attached hydrogens (primary N) is 1. The van der Waals surface area contributed by atoms with E-state index in [4.69, 9.17) is 15.7 Å². The molecule has 0 fully saturated rings. The van der Waals surface area contributed by atoms with Gasteiger partial charge in [0.2, 0.25) is 0 Å². The van der Waals surface area contributed by atoms with Gasteiger partial charge < -0.3 is 10.5 Å². The molecule has 0 aliphatic rings. The zero-order chi connectivity index (χ0) is 14.8. The zero-order valence-electron chi connectivity index (χ0n) is 10.9. The van der Waals surface area contributed by atoms with Crippen molar-refractivity contribution in [3.63, 3.8) is 0 Å². The van der Waals surface area contributed by atoms with Gasteiger partial charge in [-0.25, -0.2) is 0 Å². The summed E-state index contributed by atoms with van der Waals surface area (Å²) in [5, 5.41) is 9.87. The van der Waals surface area contributed by atoms with Crippen LogP contribution in [0, 0.1) is 14.9 Å². The third kappa shape index (κ3) is 2.62. The molecule has 0 aliphatic carbocycles. The second-order valence-corrected chi connectivity index (χ2v) is 5.58. The number of ether oxygens (including phenoxy) is 1. The predicted molar refractivity (Wildman–Crippen MR) is 90.1 cm³/mol. The molecule has 0 saturated carbocycles. The van der Waals surface area contributed by atoms with Crippen LogP contribution >= 0.6 is 22.6 Å². The number of hydrogen-bond donors (Lipinski definition) is 1. The Kier molecular flexibility index (Phi) is 3.62. The quantitative estimate of drug-likeness (QED) is 0.531. The molecule has 5 heteroatoms. The fourth-order valence-electron chi connectivity index (χ4n) is 2.06. The van der Waals surface area contributed by atoms with Gasteiger partial charge >= 0.3 is 0 Å². The molecule has 0 bridgehead atoms. The van der Waals surface area contributed by atoms with Crippen molar-refractivity contribution in [2.24, 2.45) is 0 Å². The van der Waals surface area contributed by atoms with Crippen molar-refractivity contribution in [3.05, 3.63) is 57.8 Å². The molecule has 0 saturated heterocycles. The van der Waals surface area contributed by atoms with Crippen LogP contribution < -0.4 is 10.5 Å². The number of hydrogen-bond acceptors (Lipinski definition) is 4. The van der Waals surface area contributed by atoms with Gasteiger partial charge in [-0.05, 0) is 52.9 Å². The van der Waals surface area contributed by atoms with Crippen LogP contribution in [0.15, 0.2) is 48.7 Å². The summed E-state index contributed by atoms with van der Waals surface area (Å²) < 4.78 is 6.77. The van der Waals surface area contributed by atoms with E-state index in [0.29, 0.717) is 22.7 Å². The molecule has 102 valence electrons. The number of nitrogen functional groups attached to an aromatic ring is 1. The lowest BCUT2D eigenvalue weighted by molar-refractivity contribution is 0.487. The molecule has 0 unspecified atom stereocenters. The number of nitriles is 1. The summed E-state index contributed by atoms with van der Waals surface area (Å²) in [7, 11) is 0. The number of anilines is 1. The number of halogens is 1. The monoisotopic (exact) mass is 387 g/mol. The molecule has 21 heavy (non-hydrogen) atoms. The summed E-state index contributed by atoms with van der Waals surface area (Å²) in [6.45, 7) is 0. The van der Waals surface area contributed by atoms with E-state index in [0.717, 1.165) is 14.5 Å². The SMILES string of the molecule is N#Cc1cc(N)c(Oc2ccnc3ccccc23)c(I)c1. The Morgan fingerprint density at radius 2 is 2.00 bits per heavy atom. The fraction of sp³-hybridized carbons (Fsp3) is 0. The number of benzene rings is 2. The summed E-state index contributed by atoms with van der Waals surface area (Å²) in [5.74, 6) is 1.25. The first kappa shape index (κ1) is 13.6. The first-order valence-corrected chi connectivity index (χ1v) is 7.27. The Morgan fingerprint density at radius 1 is 1.19 bits per heavy atom. The lowest BCUT2D eigenvalue weighted by Crippen LogP contribution is -1.97. The van der Waals surface area contributed by atoms with Crippen molar-refractivity contribution in [1.29, 1.82) is 5.26 Å². The third-order valence-electron chi connectivity index (χ3n) is 3.02. The molecule has 0 spiro atoms. The second kappa shape index (κ2) is 5.58. The Morgan fingerprint density at radius 3 is 2.76 bits per heavy atom. The molecule has 3 rings (SSSR count). The van der Waals surface area contributed by atoms with Crippen LogP contribution in [-0.2, 0) is 0 Å². The number of fused-ring (bicyclic) bond motifs is 1. The van der Waals surface area contributed by atoms with Gasteiger partial charge in [0.1, 0.15) is 5.75 Å². The molecule has 1 heterocycles. The molecule has 0 aliphatic heterocycles. The van der Waals surface area contributed by atoms with Gasteiger partial charge in [-0.15, -0.1) is 0 Å². The molecular weight excluding hydrogens is 377 g/mol. The minimum atomic E-state index is 0.444. The van der Waals surface area contributed by atoms with E-state index in [9.17, 15) is 0 Å². The topological polar surface area (TPSA) is 71.9 Å². The number of aromatic nitrogens is 1. The Balaban J connectivity index is 2.10. The van der Waals surface area contributed by atoms with Crippen molar-refractivity contribution in [2.75, 3.05) is 5.73 Å². The van der Waals surface area contributed by atoms with E-state index < -0.39 is 0 Å².